The van der Waals surface area contributed by atoms with Crippen LogP contribution in [0.4, 0.5) is 0 Å². The van der Waals surface area contributed by atoms with Crippen molar-refractivity contribution in [3.8, 4) is 0 Å². The van der Waals surface area contributed by atoms with Gasteiger partial charge in [-0.1, -0.05) is 77.1 Å². The third kappa shape index (κ3) is 5.90. The molecule has 1 atom stereocenters. The summed E-state index contributed by atoms with van der Waals surface area (Å²) in [4.78, 5) is 12.1. The molecule has 1 unspecified atom stereocenters. The summed E-state index contributed by atoms with van der Waals surface area (Å²) >= 11 is 0. The number of hydrogen-bond donors (Lipinski definition) is 0. The van der Waals surface area contributed by atoms with Crippen LogP contribution in [0.3, 0.4) is 0 Å². The molecule has 1 rings (SSSR count). The van der Waals surface area contributed by atoms with Crippen molar-refractivity contribution in [1.29, 1.82) is 0 Å². The Bertz CT molecular complexity index is 377. The van der Waals surface area contributed by atoms with Gasteiger partial charge in [-0.25, -0.2) is 0 Å². The molecule has 0 aromatic heterocycles. The van der Waals surface area contributed by atoms with Gasteiger partial charge < -0.3 is 0 Å². The smallest absolute Gasteiger partial charge is 0.162 e. The molecule has 0 amide bonds. The van der Waals surface area contributed by atoms with Crippen molar-refractivity contribution >= 4 is 5.78 Å². The van der Waals surface area contributed by atoms with Crippen molar-refractivity contribution in [2.75, 3.05) is 0 Å². The number of carbonyl (C=O) groups excluding carboxylic acids is 1. The molecule has 0 saturated carbocycles. The molecule has 1 aromatic rings. The van der Waals surface area contributed by atoms with Gasteiger partial charge in [0.05, 0.1) is 0 Å². The molecule has 0 fully saturated rings. The molecular formula is C19H30O. The molecule has 0 heterocycles. The zero-order chi connectivity index (χ0) is 14.8. The molecule has 0 aliphatic carbocycles. The number of rotatable bonds is 10. The first-order valence-electron chi connectivity index (χ1n) is 8.32. The molecule has 0 aliphatic rings. The fourth-order valence-electron chi connectivity index (χ4n) is 2.44. The van der Waals surface area contributed by atoms with Gasteiger partial charge in [-0.15, -0.1) is 0 Å². The molecule has 0 radical (unpaired) electrons. The van der Waals surface area contributed by atoms with Crippen LogP contribution in [-0.4, -0.2) is 5.78 Å². The molecule has 1 heteroatoms. The molecule has 0 saturated heterocycles. The minimum Gasteiger partial charge on any atom is -0.294 e. The van der Waals surface area contributed by atoms with Crippen LogP contribution in [0.5, 0.6) is 0 Å². The van der Waals surface area contributed by atoms with E-state index in [4.69, 9.17) is 0 Å². The normalized spacial score (nSPS) is 12.3. The third-order valence-corrected chi connectivity index (χ3v) is 4.17. The van der Waals surface area contributed by atoms with E-state index < -0.39 is 0 Å². The molecule has 0 bridgehead atoms. The fraction of sp³-hybridized carbons (Fsp3) is 0.632. The lowest BCUT2D eigenvalue weighted by molar-refractivity contribution is 0.0979. The first kappa shape index (κ1) is 16.9. The quantitative estimate of drug-likeness (QED) is 0.370. The van der Waals surface area contributed by atoms with Gasteiger partial charge in [0.25, 0.3) is 0 Å². The Hall–Kier alpha value is -1.11. The van der Waals surface area contributed by atoms with Crippen molar-refractivity contribution in [2.24, 2.45) is 0 Å². The second-order valence-electron chi connectivity index (χ2n) is 5.87. The van der Waals surface area contributed by atoms with E-state index in [1.165, 1.54) is 37.7 Å². The highest BCUT2D eigenvalue weighted by Crippen LogP contribution is 2.19. The molecule has 20 heavy (non-hydrogen) atoms. The highest BCUT2D eigenvalue weighted by Gasteiger charge is 2.07. The van der Waals surface area contributed by atoms with Gasteiger partial charge in [-0.3, -0.25) is 4.79 Å². The Morgan fingerprint density at radius 3 is 2.15 bits per heavy atom. The summed E-state index contributed by atoms with van der Waals surface area (Å²) < 4.78 is 0. The van der Waals surface area contributed by atoms with E-state index >= 15 is 0 Å². The molecule has 0 aliphatic heterocycles. The topological polar surface area (TPSA) is 17.1 Å². The first-order chi connectivity index (χ1) is 9.69. The van der Waals surface area contributed by atoms with Crippen LogP contribution in [0, 0.1) is 0 Å². The van der Waals surface area contributed by atoms with Crippen LogP contribution < -0.4 is 0 Å². The number of carbonyl (C=O) groups is 1. The first-order valence-corrected chi connectivity index (χ1v) is 8.32. The Balaban J connectivity index is 2.32. The number of benzene rings is 1. The zero-order valence-corrected chi connectivity index (χ0v) is 13.5. The van der Waals surface area contributed by atoms with E-state index in [1.54, 1.807) is 0 Å². The summed E-state index contributed by atoms with van der Waals surface area (Å²) in [5, 5.41) is 0. The summed E-state index contributed by atoms with van der Waals surface area (Å²) in [5.74, 6) is 0.883. The average Bonchev–Trinajstić information content (AvgIpc) is 2.50. The Morgan fingerprint density at radius 1 is 0.950 bits per heavy atom. The third-order valence-electron chi connectivity index (χ3n) is 4.17. The number of hydrogen-bond acceptors (Lipinski definition) is 1. The average molecular weight is 274 g/mol. The lowest BCUT2D eigenvalue weighted by Gasteiger charge is -2.09. The van der Waals surface area contributed by atoms with Crippen LogP contribution in [0.2, 0.25) is 0 Å². The fourth-order valence-corrected chi connectivity index (χ4v) is 2.44. The monoisotopic (exact) mass is 274 g/mol. The molecule has 0 spiro atoms. The maximum Gasteiger partial charge on any atom is 0.162 e. The van der Waals surface area contributed by atoms with Gasteiger partial charge in [0.15, 0.2) is 5.78 Å². The largest absolute Gasteiger partial charge is 0.294 e. The van der Waals surface area contributed by atoms with E-state index in [2.05, 4.69) is 32.9 Å². The highest BCUT2D eigenvalue weighted by atomic mass is 16.1. The van der Waals surface area contributed by atoms with Crippen LogP contribution >= 0.6 is 0 Å². The molecule has 112 valence electrons. The second kappa shape index (κ2) is 9.74. The summed E-state index contributed by atoms with van der Waals surface area (Å²) in [6.07, 6.45) is 9.26. The summed E-state index contributed by atoms with van der Waals surface area (Å²) in [6, 6.07) is 8.23. The van der Waals surface area contributed by atoms with Gasteiger partial charge in [-0.05, 0) is 24.3 Å². The van der Waals surface area contributed by atoms with Crippen LogP contribution in [0.1, 0.15) is 94.0 Å². The summed E-state index contributed by atoms with van der Waals surface area (Å²) in [7, 11) is 0. The predicted molar refractivity (Wildman–Crippen MR) is 87.5 cm³/mol. The van der Waals surface area contributed by atoms with E-state index in [1.807, 2.05) is 12.1 Å². The van der Waals surface area contributed by atoms with Gasteiger partial charge in [-0.2, -0.15) is 0 Å². The molecular weight excluding hydrogens is 244 g/mol. The van der Waals surface area contributed by atoms with E-state index in [0.29, 0.717) is 18.1 Å². The maximum absolute atomic E-state index is 12.1. The lowest BCUT2D eigenvalue weighted by Crippen LogP contribution is -2.00. The Labute approximate surface area is 124 Å². The van der Waals surface area contributed by atoms with Crippen molar-refractivity contribution in [3.05, 3.63) is 35.4 Å². The van der Waals surface area contributed by atoms with Crippen molar-refractivity contribution in [1.82, 2.24) is 0 Å². The van der Waals surface area contributed by atoms with Crippen LogP contribution in [-0.2, 0) is 0 Å². The van der Waals surface area contributed by atoms with Crippen LogP contribution in [0.15, 0.2) is 24.3 Å². The molecule has 1 nitrogen and oxygen atoms in total. The summed E-state index contributed by atoms with van der Waals surface area (Å²) in [6.45, 7) is 6.65. The number of ketones is 1. The van der Waals surface area contributed by atoms with Gasteiger partial charge in [0, 0.05) is 12.0 Å². The van der Waals surface area contributed by atoms with Crippen molar-refractivity contribution in [3.63, 3.8) is 0 Å². The van der Waals surface area contributed by atoms with Gasteiger partial charge in [0.1, 0.15) is 0 Å². The second-order valence-corrected chi connectivity index (χ2v) is 5.87. The standard InChI is InChI=1S/C19H30O/c1-4-6-7-8-9-10-11-19(20)18-14-12-17(13-15-18)16(3)5-2/h12-16H,4-11H2,1-3H3. The highest BCUT2D eigenvalue weighted by molar-refractivity contribution is 5.96. The minimum absolute atomic E-state index is 0.302. The Kier molecular flexibility index (Phi) is 8.25. The van der Waals surface area contributed by atoms with E-state index in [0.717, 1.165) is 18.4 Å². The zero-order valence-electron chi connectivity index (χ0n) is 13.5. The Morgan fingerprint density at radius 2 is 1.55 bits per heavy atom. The summed E-state index contributed by atoms with van der Waals surface area (Å²) in [5.41, 5.74) is 2.22. The van der Waals surface area contributed by atoms with Crippen LogP contribution in [0.25, 0.3) is 0 Å². The molecule has 1 aromatic carbocycles. The predicted octanol–water partition coefficient (Wildman–Crippen LogP) is 6.13. The lowest BCUT2D eigenvalue weighted by atomic mass is 9.96. The number of Topliss-reactive ketones (excluding diaryl/α,β-unsaturated/α-hetero) is 1. The van der Waals surface area contributed by atoms with Crippen molar-refractivity contribution < 1.29 is 4.79 Å². The van der Waals surface area contributed by atoms with E-state index in [9.17, 15) is 4.79 Å². The minimum atomic E-state index is 0.302. The van der Waals surface area contributed by atoms with Gasteiger partial charge in [0.2, 0.25) is 0 Å². The maximum atomic E-state index is 12.1. The van der Waals surface area contributed by atoms with E-state index in [-0.39, 0.29) is 0 Å². The SMILES string of the molecule is CCCCCCCCC(=O)c1ccc(C(C)CC)cc1. The van der Waals surface area contributed by atoms with Gasteiger partial charge >= 0.3 is 0 Å². The number of unbranched alkanes of at least 4 members (excludes halogenated alkanes) is 5. The molecule has 0 N–H and O–H groups in total. The van der Waals surface area contributed by atoms with Crippen molar-refractivity contribution in [2.45, 2.75) is 78.1 Å².